The van der Waals surface area contributed by atoms with Crippen molar-refractivity contribution in [1.82, 2.24) is 0 Å². The zero-order valence-corrected chi connectivity index (χ0v) is 52.1. The minimum Gasteiger partial charge on any atom is -0.311 e. The van der Waals surface area contributed by atoms with Crippen LogP contribution in [0.1, 0.15) is 85.7 Å². The van der Waals surface area contributed by atoms with Crippen LogP contribution in [0.5, 0.6) is 0 Å². The highest BCUT2D eigenvalue weighted by Gasteiger charge is 2.53. The number of anilines is 12. The van der Waals surface area contributed by atoms with Gasteiger partial charge >= 0.3 is 0 Å². The van der Waals surface area contributed by atoms with E-state index in [0.717, 1.165) is 74.7 Å². The summed E-state index contributed by atoms with van der Waals surface area (Å²) in [4.78, 5) is 9.59. The Kier molecular flexibility index (Phi) is 15.3. The van der Waals surface area contributed by atoms with Crippen LogP contribution in [0.15, 0.2) is 285 Å². The summed E-state index contributed by atoms with van der Waals surface area (Å²) in [7, 11) is 0. The van der Waals surface area contributed by atoms with Gasteiger partial charge in [-0.3, -0.25) is 0 Å². The maximum absolute atomic E-state index is 2.53. The standard InChI is InChI=1S/C84H76N4/c1-58-10-32-69(33-11-58)85(70-34-12-59(2)13-35-70)77-48-26-66(27-49-77)83(9)57-84(67-28-50-78(51-29-67)86(71-36-14-60(3)15-37-71)72-38-16-61(4)17-39-72,68-30-52-79(53-31-68)87(73-40-18-62(5)19-41-73)74-42-20-63(6)21-43-74)82-56-80(54-55-81(82)83)88(75-44-22-64(7)23-45-75)76-46-24-65(8)25-47-76/h10-56H,57H2,1-9H3. The summed E-state index contributed by atoms with van der Waals surface area (Å²) in [6.45, 7) is 19.7. The van der Waals surface area contributed by atoms with Gasteiger partial charge in [0, 0.05) is 79.1 Å². The van der Waals surface area contributed by atoms with Crippen molar-refractivity contribution in [3.8, 4) is 0 Å². The van der Waals surface area contributed by atoms with Crippen molar-refractivity contribution in [1.29, 1.82) is 0 Å². The van der Waals surface area contributed by atoms with Gasteiger partial charge in [-0.05, 0) is 235 Å². The molecule has 0 aliphatic heterocycles. The lowest BCUT2D eigenvalue weighted by Crippen LogP contribution is -2.30. The Balaban J connectivity index is 1.04. The van der Waals surface area contributed by atoms with Crippen LogP contribution in [0.4, 0.5) is 68.2 Å². The molecule has 0 saturated heterocycles. The Bertz CT molecular complexity index is 4040. The third-order valence-corrected chi connectivity index (χ3v) is 18.3. The van der Waals surface area contributed by atoms with Gasteiger partial charge < -0.3 is 19.6 Å². The van der Waals surface area contributed by atoms with Crippen molar-refractivity contribution >= 4 is 68.2 Å². The topological polar surface area (TPSA) is 13.0 Å². The van der Waals surface area contributed by atoms with Crippen LogP contribution in [0, 0.1) is 55.4 Å². The predicted molar refractivity (Wildman–Crippen MR) is 373 cm³/mol. The van der Waals surface area contributed by atoms with E-state index in [1.54, 1.807) is 0 Å². The molecule has 4 nitrogen and oxygen atoms in total. The Labute approximate surface area is 521 Å². The molecule has 4 heteroatoms. The molecule has 0 radical (unpaired) electrons. The summed E-state index contributed by atoms with van der Waals surface area (Å²) in [5.74, 6) is 0. The fourth-order valence-corrected chi connectivity index (χ4v) is 13.3. The van der Waals surface area contributed by atoms with E-state index >= 15 is 0 Å². The predicted octanol–water partition coefficient (Wildman–Crippen LogP) is 23.1. The molecule has 0 spiro atoms. The van der Waals surface area contributed by atoms with Crippen LogP contribution in [-0.2, 0) is 10.8 Å². The summed E-state index contributed by atoms with van der Waals surface area (Å²) in [6.07, 6.45) is 0.769. The molecular weight excluding hydrogens is 1060 g/mol. The first kappa shape index (κ1) is 56.9. The zero-order chi connectivity index (χ0) is 60.7. The first-order valence-corrected chi connectivity index (χ1v) is 30.9. The molecule has 13 rings (SSSR count). The minimum atomic E-state index is -0.658. The van der Waals surface area contributed by atoms with Crippen LogP contribution < -0.4 is 19.6 Å². The second-order valence-corrected chi connectivity index (χ2v) is 24.8. The maximum Gasteiger partial charge on any atom is 0.0466 e. The Morgan fingerprint density at radius 3 is 0.614 bits per heavy atom. The molecule has 1 atom stereocenters. The second kappa shape index (κ2) is 23.6. The van der Waals surface area contributed by atoms with Crippen LogP contribution >= 0.6 is 0 Å². The van der Waals surface area contributed by atoms with Gasteiger partial charge in [0.15, 0.2) is 0 Å². The van der Waals surface area contributed by atoms with Gasteiger partial charge in [0.1, 0.15) is 0 Å². The van der Waals surface area contributed by atoms with Crippen molar-refractivity contribution in [3.63, 3.8) is 0 Å². The molecule has 0 aromatic heterocycles. The third-order valence-electron chi connectivity index (χ3n) is 18.3. The van der Waals surface area contributed by atoms with E-state index in [1.807, 2.05) is 0 Å². The van der Waals surface area contributed by atoms with Gasteiger partial charge in [0.05, 0.1) is 0 Å². The number of fused-ring (bicyclic) bond motifs is 1. The number of hydrogen-bond acceptors (Lipinski definition) is 4. The van der Waals surface area contributed by atoms with Crippen LogP contribution in [0.25, 0.3) is 0 Å². The number of benzene rings is 12. The van der Waals surface area contributed by atoms with E-state index in [0.29, 0.717) is 0 Å². The summed E-state index contributed by atoms with van der Waals surface area (Å²) in [5, 5.41) is 0. The number of aryl methyl sites for hydroxylation is 8. The minimum absolute atomic E-state index is 0.466. The van der Waals surface area contributed by atoms with Crippen molar-refractivity contribution in [2.45, 2.75) is 79.6 Å². The lowest BCUT2D eigenvalue weighted by Gasteiger charge is -2.36. The molecule has 12 aromatic carbocycles. The fourth-order valence-electron chi connectivity index (χ4n) is 13.3. The van der Waals surface area contributed by atoms with Gasteiger partial charge in [-0.15, -0.1) is 0 Å². The first-order chi connectivity index (χ1) is 42.7. The molecule has 88 heavy (non-hydrogen) atoms. The summed E-state index contributed by atoms with van der Waals surface area (Å²) >= 11 is 0. The molecule has 432 valence electrons. The highest BCUT2D eigenvalue weighted by atomic mass is 15.2. The lowest BCUT2D eigenvalue weighted by atomic mass is 9.67. The van der Waals surface area contributed by atoms with Crippen molar-refractivity contribution < 1.29 is 0 Å². The molecule has 0 amide bonds. The van der Waals surface area contributed by atoms with Crippen molar-refractivity contribution in [2.75, 3.05) is 19.6 Å². The Hall–Kier alpha value is -10.2. The van der Waals surface area contributed by atoms with E-state index in [9.17, 15) is 0 Å². The average Bonchev–Trinajstić information content (AvgIpc) is 1.54. The SMILES string of the molecule is Cc1ccc(N(c2ccc(C)cc2)c2ccc(C3(C)CC(c4ccc(N(c5ccc(C)cc5)c5ccc(C)cc5)cc4)(c4ccc(N(c5ccc(C)cc5)c5ccc(C)cc5)cc4)c4cc(N(c5ccc(C)cc5)c5ccc(C)cc5)ccc43)cc2)cc1. The van der Waals surface area contributed by atoms with E-state index in [-0.39, 0.29) is 0 Å². The van der Waals surface area contributed by atoms with Crippen LogP contribution in [-0.4, -0.2) is 0 Å². The third kappa shape index (κ3) is 11.0. The molecular formula is C84H76N4. The van der Waals surface area contributed by atoms with Gasteiger partial charge in [-0.1, -0.05) is 191 Å². The number of hydrogen-bond donors (Lipinski definition) is 0. The van der Waals surface area contributed by atoms with Gasteiger partial charge in [0.25, 0.3) is 0 Å². The molecule has 1 unspecified atom stereocenters. The van der Waals surface area contributed by atoms with Gasteiger partial charge in [-0.25, -0.2) is 0 Å². The Morgan fingerprint density at radius 2 is 0.386 bits per heavy atom. The molecule has 1 aliphatic rings. The van der Waals surface area contributed by atoms with Gasteiger partial charge in [-0.2, -0.15) is 0 Å². The van der Waals surface area contributed by atoms with E-state index in [4.69, 9.17) is 0 Å². The normalized spacial score (nSPS) is 14.1. The number of rotatable bonds is 15. The van der Waals surface area contributed by atoms with Crippen molar-refractivity contribution in [2.24, 2.45) is 0 Å². The quantitative estimate of drug-likeness (QED) is 0.101. The monoisotopic (exact) mass is 1140 g/mol. The van der Waals surface area contributed by atoms with E-state index < -0.39 is 10.8 Å². The largest absolute Gasteiger partial charge is 0.311 e. The fraction of sp³-hybridized carbons (Fsp3) is 0.143. The molecule has 0 bridgehead atoms. The van der Waals surface area contributed by atoms with Crippen molar-refractivity contribution in [3.05, 3.63) is 357 Å². The molecule has 0 fully saturated rings. The molecule has 1 aliphatic carbocycles. The molecule has 0 saturated carbocycles. The summed E-state index contributed by atoms with van der Waals surface area (Å²) in [5.41, 5.74) is 28.3. The summed E-state index contributed by atoms with van der Waals surface area (Å²) in [6, 6.07) is 107. The van der Waals surface area contributed by atoms with Crippen LogP contribution in [0.3, 0.4) is 0 Å². The zero-order valence-electron chi connectivity index (χ0n) is 52.1. The molecule has 12 aromatic rings. The lowest BCUT2D eigenvalue weighted by molar-refractivity contribution is 0.473. The highest BCUT2D eigenvalue weighted by Crippen LogP contribution is 2.60. The number of nitrogens with zero attached hydrogens (tertiary/aromatic N) is 4. The highest BCUT2D eigenvalue weighted by molar-refractivity contribution is 5.83. The smallest absolute Gasteiger partial charge is 0.0466 e. The maximum atomic E-state index is 2.53. The molecule has 0 heterocycles. The van der Waals surface area contributed by atoms with Gasteiger partial charge in [0.2, 0.25) is 0 Å². The van der Waals surface area contributed by atoms with Crippen LogP contribution in [0.2, 0.25) is 0 Å². The van der Waals surface area contributed by atoms with E-state index in [2.05, 4.69) is 367 Å². The first-order valence-electron chi connectivity index (χ1n) is 30.9. The van der Waals surface area contributed by atoms with E-state index in [1.165, 1.54) is 72.3 Å². The molecule has 0 N–H and O–H groups in total. The Morgan fingerprint density at radius 1 is 0.205 bits per heavy atom. The average molecular weight is 1140 g/mol. The summed E-state index contributed by atoms with van der Waals surface area (Å²) < 4.78 is 0. The second-order valence-electron chi connectivity index (χ2n) is 24.8.